The molecule has 19 heavy (non-hydrogen) atoms. The molecule has 0 aliphatic rings. The Kier molecular flexibility index (Phi) is 3.82. The SMILES string of the molecule is CCc1nccn1S(=O)(=O)c1cc(C)c(C)cc1Br. The highest BCUT2D eigenvalue weighted by Crippen LogP contribution is 2.27. The normalized spacial score (nSPS) is 11.8. The van der Waals surface area contributed by atoms with Crippen LogP contribution in [0.15, 0.2) is 33.9 Å². The molecule has 0 saturated carbocycles. The van der Waals surface area contributed by atoms with Gasteiger partial charge in [0.15, 0.2) is 0 Å². The predicted octanol–water partition coefficient (Wildman–Crippen LogP) is 3.06. The van der Waals surface area contributed by atoms with Crippen molar-refractivity contribution in [1.82, 2.24) is 8.96 Å². The topological polar surface area (TPSA) is 52.0 Å². The van der Waals surface area contributed by atoms with Crippen molar-refractivity contribution in [2.24, 2.45) is 0 Å². The summed E-state index contributed by atoms with van der Waals surface area (Å²) in [5.41, 5.74) is 1.99. The van der Waals surface area contributed by atoms with Crippen LogP contribution >= 0.6 is 15.9 Å². The Morgan fingerprint density at radius 1 is 1.26 bits per heavy atom. The van der Waals surface area contributed by atoms with Crippen molar-refractivity contribution < 1.29 is 8.42 Å². The number of nitrogens with zero attached hydrogens (tertiary/aromatic N) is 2. The van der Waals surface area contributed by atoms with Gasteiger partial charge in [0.25, 0.3) is 10.0 Å². The highest BCUT2D eigenvalue weighted by atomic mass is 79.9. The van der Waals surface area contributed by atoms with E-state index in [0.29, 0.717) is 16.7 Å². The lowest BCUT2D eigenvalue weighted by molar-refractivity contribution is 0.584. The van der Waals surface area contributed by atoms with Crippen molar-refractivity contribution in [1.29, 1.82) is 0 Å². The maximum absolute atomic E-state index is 12.7. The molecule has 0 amide bonds. The average Bonchev–Trinajstić information content (AvgIpc) is 2.82. The fraction of sp³-hybridized carbons (Fsp3) is 0.308. The Balaban J connectivity index is 2.67. The van der Waals surface area contributed by atoms with E-state index in [1.807, 2.05) is 26.8 Å². The van der Waals surface area contributed by atoms with Gasteiger partial charge < -0.3 is 0 Å². The Hall–Kier alpha value is -1.14. The molecule has 2 aromatic rings. The molecule has 102 valence electrons. The summed E-state index contributed by atoms with van der Waals surface area (Å²) in [7, 11) is -3.60. The molecule has 1 heterocycles. The number of halogens is 1. The maximum atomic E-state index is 12.7. The van der Waals surface area contributed by atoms with Crippen LogP contribution in [0.25, 0.3) is 0 Å². The first kappa shape index (κ1) is 14.3. The number of benzene rings is 1. The smallest absolute Gasteiger partial charge is 0.241 e. The van der Waals surface area contributed by atoms with E-state index in [4.69, 9.17) is 0 Å². The van der Waals surface area contributed by atoms with Gasteiger partial charge in [-0.15, -0.1) is 0 Å². The van der Waals surface area contributed by atoms with Gasteiger partial charge in [-0.3, -0.25) is 0 Å². The first-order chi connectivity index (χ1) is 8.87. The van der Waals surface area contributed by atoms with Crippen molar-refractivity contribution >= 4 is 26.0 Å². The zero-order chi connectivity index (χ0) is 14.2. The summed E-state index contributed by atoms with van der Waals surface area (Å²) in [6.07, 6.45) is 3.55. The van der Waals surface area contributed by atoms with Gasteiger partial charge in [0.1, 0.15) is 10.7 Å². The lowest BCUT2D eigenvalue weighted by atomic mass is 10.1. The van der Waals surface area contributed by atoms with Crippen molar-refractivity contribution in [3.8, 4) is 0 Å². The average molecular weight is 343 g/mol. The summed E-state index contributed by atoms with van der Waals surface area (Å²) >= 11 is 3.34. The summed E-state index contributed by atoms with van der Waals surface area (Å²) in [6, 6.07) is 3.51. The van der Waals surface area contributed by atoms with Gasteiger partial charge >= 0.3 is 0 Å². The lowest BCUT2D eigenvalue weighted by Gasteiger charge is -2.12. The van der Waals surface area contributed by atoms with Crippen LogP contribution in [0, 0.1) is 13.8 Å². The van der Waals surface area contributed by atoms with Gasteiger partial charge in [-0.2, -0.15) is 0 Å². The van der Waals surface area contributed by atoms with E-state index in [0.717, 1.165) is 11.1 Å². The number of aryl methyl sites for hydroxylation is 3. The van der Waals surface area contributed by atoms with Gasteiger partial charge in [0.2, 0.25) is 0 Å². The third-order valence-corrected chi connectivity index (χ3v) is 5.74. The number of hydrogen-bond acceptors (Lipinski definition) is 3. The molecule has 1 aromatic heterocycles. The van der Waals surface area contributed by atoms with Crippen molar-refractivity contribution in [3.05, 3.63) is 46.0 Å². The minimum atomic E-state index is -3.60. The molecule has 0 unspecified atom stereocenters. The van der Waals surface area contributed by atoms with Crippen LogP contribution in [-0.4, -0.2) is 17.4 Å². The van der Waals surface area contributed by atoms with E-state index >= 15 is 0 Å². The first-order valence-electron chi connectivity index (χ1n) is 5.92. The molecule has 0 radical (unpaired) electrons. The second kappa shape index (κ2) is 5.09. The standard InChI is InChI=1S/C13H15BrN2O2S/c1-4-13-15-5-6-16(13)19(17,18)12-8-10(3)9(2)7-11(12)14/h5-8H,4H2,1-3H3. The van der Waals surface area contributed by atoms with E-state index < -0.39 is 10.0 Å². The van der Waals surface area contributed by atoms with Gasteiger partial charge in [-0.1, -0.05) is 6.92 Å². The van der Waals surface area contributed by atoms with Gasteiger partial charge in [0.05, 0.1) is 0 Å². The molecular weight excluding hydrogens is 328 g/mol. The highest BCUT2D eigenvalue weighted by Gasteiger charge is 2.22. The summed E-state index contributed by atoms with van der Waals surface area (Å²) in [4.78, 5) is 4.33. The van der Waals surface area contributed by atoms with Crippen molar-refractivity contribution in [2.75, 3.05) is 0 Å². The number of imidazole rings is 1. The second-order valence-corrected chi connectivity index (χ2v) is 7.00. The van der Waals surface area contributed by atoms with E-state index in [1.54, 1.807) is 6.07 Å². The molecule has 0 N–H and O–H groups in total. The summed E-state index contributed by atoms with van der Waals surface area (Å²) in [6.45, 7) is 5.73. The van der Waals surface area contributed by atoms with Crippen LogP contribution in [0.4, 0.5) is 0 Å². The van der Waals surface area contributed by atoms with Crippen LogP contribution in [0.1, 0.15) is 23.9 Å². The van der Waals surface area contributed by atoms with Crippen LogP contribution < -0.4 is 0 Å². The predicted molar refractivity (Wildman–Crippen MR) is 77.8 cm³/mol. The summed E-state index contributed by atoms with van der Waals surface area (Å²) in [5.74, 6) is 0.533. The van der Waals surface area contributed by atoms with Crippen molar-refractivity contribution in [2.45, 2.75) is 32.1 Å². The third kappa shape index (κ3) is 2.47. The summed E-state index contributed by atoms with van der Waals surface area (Å²) in [5, 5.41) is 0. The molecule has 0 spiro atoms. The van der Waals surface area contributed by atoms with E-state index in [1.165, 1.54) is 16.4 Å². The zero-order valence-corrected chi connectivity index (χ0v) is 13.4. The fourth-order valence-electron chi connectivity index (χ4n) is 1.85. The molecule has 6 heteroatoms. The Labute approximate surface area is 121 Å². The zero-order valence-electron chi connectivity index (χ0n) is 11.0. The number of rotatable bonds is 3. The number of aromatic nitrogens is 2. The van der Waals surface area contributed by atoms with Gasteiger partial charge in [0, 0.05) is 23.3 Å². The lowest BCUT2D eigenvalue weighted by Crippen LogP contribution is -2.16. The van der Waals surface area contributed by atoms with E-state index in [2.05, 4.69) is 20.9 Å². The molecular formula is C13H15BrN2O2S. The van der Waals surface area contributed by atoms with Crippen LogP contribution in [0.2, 0.25) is 0 Å². The maximum Gasteiger partial charge on any atom is 0.270 e. The molecule has 2 rings (SSSR count). The second-order valence-electron chi connectivity index (χ2n) is 4.36. The quantitative estimate of drug-likeness (QED) is 0.861. The highest BCUT2D eigenvalue weighted by molar-refractivity contribution is 9.10. The van der Waals surface area contributed by atoms with E-state index in [-0.39, 0.29) is 4.90 Å². The Morgan fingerprint density at radius 2 is 1.89 bits per heavy atom. The fourth-order valence-corrected chi connectivity index (χ4v) is 4.43. The van der Waals surface area contributed by atoms with Crippen LogP contribution in [0.5, 0.6) is 0 Å². The molecule has 0 fully saturated rings. The van der Waals surface area contributed by atoms with Crippen LogP contribution in [-0.2, 0) is 16.4 Å². The monoisotopic (exact) mass is 342 g/mol. The van der Waals surface area contributed by atoms with E-state index in [9.17, 15) is 8.42 Å². The molecule has 4 nitrogen and oxygen atoms in total. The molecule has 0 atom stereocenters. The molecule has 0 aliphatic carbocycles. The van der Waals surface area contributed by atoms with Crippen LogP contribution in [0.3, 0.4) is 0 Å². The minimum Gasteiger partial charge on any atom is -0.241 e. The molecule has 0 aliphatic heterocycles. The first-order valence-corrected chi connectivity index (χ1v) is 8.15. The largest absolute Gasteiger partial charge is 0.270 e. The Morgan fingerprint density at radius 3 is 2.53 bits per heavy atom. The molecule has 1 aromatic carbocycles. The number of hydrogen-bond donors (Lipinski definition) is 0. The minimum absolute atomic E-state index is 0.267. The summed E-state index contributed by atoms with van der Waals surface area (Å²) < 4.78 is 27.1. The van der Waals surface area contributed by atoms with Gasteiger partial charge in [-0.25, -0.2) is 17.4 Å². The third-order valence-electron chi connectivity index (χ3n) is 3.08. The van der Waals surface area contributed by atoms with Gasteiger partial charge in [-0.05, 0) is 53.0 Å². The van der Waals surface area contributed by atoms with Crippen molar-refractivity contribution in [3.63, 3.8) is 0 Å². The Bertz CT molecular complexity index is 720. The molecule has 0 saturated heterocycles. The molecule has 0 bridgehead atoms.